The van der Waals surface area contributed by atoms with Crippen LogP contribution in [0, 0.1) is 17.8 Å². The lowest BCUT2D eigenvalue weighted by Gasteiger charge is -2.50. The highest BCUT2D eigenvalue weighted by atomic mass is 16.1. The van der Waals surface area contributed by atoms with Gasteiger partial charge in [-0.1, -0.05) is 78.7 Å². The van der Waals surface area contributed by atoms with Gasteiger partial charge in [-0.2, -0.15) is 0 Å². The monoisotopic (exact) mass is 470 g/mol. The molecule has 3 atom stereocenters. The molecular weight excluding hydrogens is 428 g/mol. The van der Waals surface area contributed by atoms with Crippen molar-refractivity contribution in [2.75, 3.05) is 6.54 Å². The minimum Gasteiger partial charge on any atom is -0.353 e. The van der Waals surface area contributed by atoms with Crippen LogP contribution in [-0.4, -0.2) is 18.5 Å². The fourth-order valence-electron chi connectivity index (χ4n) is 7.32. The summed E-state index contributed by atoms with van der Waals surface area (Å²) in [6.45, 7) is 0.781. The number of carbonyl (C=O) groups excluding carboxylic acids is 1. The molecule has 0 radical (unpaired) electrons. The van der Waals surface area contributed by atoms with Gasteiger partial charge in [-0.05, 0) is 98.6 Å². The maximum atomic E-state index is 13.0. The lowest BCUT2D eigenvalue weighted by Crippen LogP contribution is -2.42. The third-order valence-electron chi connectivity index (χ3n) is 9.21. The van der Waals surface area contributed by atoms with Crippen LogP contribution in [0.1, 0.15) is 81.8 Å². The molecule has 0 saturated heterocycles. The van der Waals surface area contributed by atoms with Crippen LogP contribution in [0.3, 0.4) is 0 Å². The van der Waals surface area contributed by atoms with Crippen molar-refractivity contribution in [1.29, 1.82) is 0 Å². The number of fused-ring (bicyclic) bond motifs is 2. The Morgan fingerprint density at radius 2 is 1.66 bits per heavy atom. The largest absolute Gasteiger partial charge is 0.353 e. The van der Waals surface area contributed by atoms with E-state index in [2.05, 4.69) is 72.1 Å². The first kappa shape index (κ1) is 24.3. The molecule has 3 saturated carbocycles. The topological polar surface area (TPSA) is 55.1 Å². The molecule has 3 aliphatic carbocycles. The van der Waals surface area contributed by atoms with Crippen molar-refractivity contribution in [2.45, 2.75) is 82.1 Å². The number of carbonyl (C=O) groups is 1. The number of allylic oxidation sites excluding steroid dienone is 1. The minimum absolute atomic E-state index is 0.241. The van der Waals surface area contributed by atoms with E-state index in [0.717, 1.165) is 38.6 Å². The Hall–Kier alpha value is -2.39. The van der Waals surface area contributed by atoms with Crippen molar-refractivity contribution in [1.82, 2.24) is 5.32 Å². The van der Waals surface area contributed by atoms with Crippen LogP contribution in [0.15, 0.2) is 66.2 Å². The molecule has 0 aliphatic heterocycles. The average Bonchev–Trinajstić information content (AvgIpc) is 2.91. The maximum Gasteiger partial charge on any atom is 0.220 e. The van der Waals surface area contributed by atoms with Gasteiger partial charge in [0.2, 0.25) is 5.91 Å². The predicted molar refractivity (Wildman–Crippen MR) is 145 cm³/mol. The van der Waals surface area contributed by atoms with Crippen LogP contribution in [0.2, 0.25) is 0 Å². The molecule has 3 fully saturated rings. The van der Waals surface area contributed by atoms with E-state index in [4.69, 9.17) is 5.73 Å². The van der Waals surface area contributed by atoms with Gasteiger partial charge in [0, 0.05) is 12.5 Å². The van der Waals surface area contributed by atoms with Gasteiger partial charge in [-0.3, -0.25) is 4.79 Å². The van der Waals surface area contributed by atoms with Gasteiger partial charge in [-0.15, -0.1) is 0 Å². The molecule has 2 aromatic carbocycles. The van der Waals surface area contributed by atoms with Gasteiger partial charge >= 0.3 is 0 Å². The Morgan fingerprint density at radius 3 is 2.37 bits per heavy atom. The normalized spacial score (nSPS) is 31.7. The average molecular weight is 471 g/mol. The quantitative estimate of drug-likeness (QED) is 0.477. The number of hydrogen-bond acceptors (Lipinski definition) is 2. The zero-order valence-electron chi connectivity index (χ0n) is 21.1. The molecule has 3 unspecified atom stereocenters. The molecular formula is C32H42N2O. The van der Waals surface area contributed by atoms with Crippen molar-refractivity contribution in [3.63, 3.8) is 0 Å². The zero-order valence-corrected chi connectivity index (χ0v) is 21.1. The Labute approximate surface area is 211 Å². The Bertz CT molecular complexity index is 993. The second-order valence-corrected chi connectivity index (χ2v) is 11.5. The van der Waals surface area contributed by atoms with E-state index in [0.29, 0.717) is 30.2 Å². The molecule has 0 aromatic heterocycles. The van der Waals surface area contributed by atoms with Crippen LogP contribution in [0.5, 0.6) is 0 Å². The van der Waals surface area contributed by atoms with E-state index in [9.17, 15) is 4.79 Å². The molecule has 3 aliphatic rings. The number of rotatable bonds is 7. The van der Waals surface area contributed by atoms with Gasteiger partial charge in [0.05, 0.1) is 0 Å². The molecule has 3 heteroatoms. The van der Waals surface area contributed by atoms with E-state index >= 15 is 0 Å². The van der Waals surface area contributed by atoms with Crippen molar-refractivity contribution < 1.29 is 4.79 Å². The molecule has 2 bridgehead atoms. The molecule has 1 amide bonds. The van der Waals surface area contributed by atoms with Gasteiger partial charge < -0.3 is 11.1 Å². The Morgan fingerprint density at radius 1 is 0.943 bits per heavy atom. The van der Waals surface area contributed by atoms with Crippen LogP contribution in [-0.2, 0) is 10.2 Å². The van der Waals surface area contributed by atoms with E-state index in [1.54, 1.807) is 5.57 Å². The summed E-state index contributed by atoms with van der Waals surface area (Å²) < 4.78 is 0. The van der Waals surface area contributed by atoms with Crippen LogP contribution in [0.25, 0.3) is 6.08 Å². The van der Waals surface area contributed by atoms with Crippen molar-refractivity contribution >= 4 is 12.0 Å². The van der Waals surface area contributed by atoms with E-state index in [-0.39, 0.29) is 11.3 Å². The molecule has 5 rings (SSSR count). The third kappa shape index (κ3) is 5.72. The number of nitrogens with one attached hydrogen (secondary N) is 1. The van der Waals surface area contributed by atoms with Gasteiger partial charge in [0.25, 0.3) is 0 Å². The first-order valence-electron chi connectivity index (χ1n) is 14.0. The highest BCUT2D eigenvalue weighted by molar-refractivity contribution is 5.76. The van der Waals surface area contributed by atoms with E-state index in [1.165, 1.54) is 43.2 Å². The maximum absolute atomic E-state index is 13.0. The van der Waals surface area contributed by atoms with Gasteiger partial charge in [-0.25, -0.2) is 0 Å². The molecule has 0 spiro atoms. The van der Waals surface area contributed by atoms with E-state index < -0.39 is 0 Å². The smallest absolute Gasteiger partial charge is 0.220 e. The predicted octanol–water partition coefficient (Wildman–Crippen LogP) is 6.63. The minimum atomic E-state index is 0.241. The standard InChI is InChI=1S/C32H42N2O/c33-23-25-13-16-29(17-14-25)34-31(35)18-15-27-22-32(28-11-5-2-6-12-28)19-7-10-26(21-32)30(27)20-24-8-3-1-4-9-24/h1-6,8-9,11-12,20,25-27,29H,7,10,13-19,21-23,33H2,(H,34,35)/b30-20+. The molecule has 186 valence electrons. The summed E-state index contributed by atoms with van der Waals surface area (Å²) in [5.41, 5.74) is 10.5. The fourth-order valence-corrected chi connectivity index (χ4v) is 7.32. The van der Waals surface area contributed by atoms with Crippen molar-refractivity contribution in [2.24, 2.45) is 23.5 Å². The second-order valence-electron chi connectivity index (χ2n) is 11.5. The summed E-state index contributed by atoms with van der Waals surface area (Å²) in [4.78, 5) is 13.0. The first-order valence-corrected chi connectivity index (χ1v) is 14.0. The molecule has 35 heavy (non-hydrogen) atoms. The van der Waals surface area contributed by atoms with Crippen LogP contribution >= 0.6 is 0 Å². The second kappa shape index (κ2) is 11.1. The number of benzene rings is 2. The summed E-state index contributed by atoms with van der Waals surface area (Å²) in [6, 6.07) is 22.3. The number of nitrogens with two attached hydrogens (primary N) is 1. The summed E-state index contributed by atoms with van der Waals surface area (Å²) in [5.74, 6) is 1.97. The summed E-state index contributed by atoms with van der Waals surface area (Å²) in [6.07, 6.45) is 14.8. The first-order chi connectivity index (χ1) is 17.1. The Kier molecular flexibility index (Phi) is 7.72. The van der Waals surface area contributed by atoms with Gasteiger partial charge in [0.15, 0.2) is 0 Å². The third-order valence-corrected chi connectivity index (χ3v) is 9.21. The SMILES string of the molecule is NCC1CCC(NC(=O)CCC2CC3(c4ccccc4)CCCC(C3)/C2=C\c2ccccc2)CC1. The highest BCUT2D eigenvalue weighted by Gasteiger charge is 2.46. The summed E-state index contributed by atoms with van der Waals surface area (Å²) >= 11 is 0. The zero-order chi connectivity index (χ0) is 24.1. The van der Waals surface area contributed by atoms with Crippen LogP contribution in [0.4, 0.5) is 0 Å². The molecule has 0 heterocycles. The Balaban J connectivity index is 1.32. The lowest BCUT2D eigenvalue weighted by molar-refractivity contribution is -0.122. The number of hydrogen-bond donors (Lipinski definition) is 2. The number of amides is 1. The van der Waals surface area contributed by atoms with Crippen molar-refractivity contribution in [3.8, 4) is 0 Å². The molecule has 2 aromatic rings. The van der Waals surface area contributed by atoms with Crippen molar-refractivity contribution in [3.05, 3.63) is 77.4 Å². The summed E-state index contributed by atoms with van der Waals surface area (Å²) in [5, 5.41) is 3.36. The summed E-state index contributed by atoms with van der Waals surface area (Å²) in [7, 11) is 0. The lowest BCUT2D eigenvalue weighted by atomic mass is 9.54. The highest BCUT2D eigenvalue weighted by Crippen LogP contribution is 2.55. The van der Waals surface area contributed by atoms with E-state index in [1.807, 2.05) is 0 Å². The van der Waals surface area contributed by atoms with Gasteiger partial charge in [0.1, 0.15) is 0 Å². The molecule has 3 N–H and O–H groups in total. The van der Waals surface area contributed by atoms with Crippen LogP contribution < -0.4 is 11.1 Å². The molecule has 3 nitrogen and oxygen atoms in total. The fraction of sp³-hybridized carbons (Fsp3) is 0.531.